The van der Waals surface area contributed by atoms with Gasteiger partial charge in [0.25, 0.3) is 0 Å². The largest absolute Gasteiger partial charge is 0.484 e. The van der Waals surface area contributed by atoms with Crippen molar-refractivity contribution in [3.05, 3.63) is 89.8 Å². The molecule has 1 aliphatic rings. The molecule has 0 spiro atoms. The van der Waals surface area contributed by atoms with Crippen molar-refractivity contribution in [2.75, 3.05) is 19.8 Å². The molecule has 3 nitrogen and oxygen atoms in total. The average Bonchev–Trinajstić information content (AvgIpc) is 2.90. The number of benzene rings is 3. The first-order valence-electron chi connectivity index (χ1n) is 12.6. The lowest BCUT2D eigenvalue weighted by Gasteiger charge is -2.29. The minimum atomic E-state index is -4.37. The predicted octanol–water partition coefficient (Wildman–Crippen LogP) is 7.59. The Morgan fingerprint density at radius 3 is 2.32 bits per heavy atom. The minimum absolute atomic E-state index is 0.156. The van der Waals surface area contributed by atoms with Crippen LogP contribution >= 0.6 is 0 Å². The Kier molecular flexibility index (Phi) is 9.22. The molecule has 0 radical (unpaired) electrons. The lowest BCUT2D eigenvalue weighted by atomic mass is 9.98. The van der Waals surface area contributed by atoms with Gasteiger partial charge in [0.2, 0.25) is 0 Å². The van der Waals surface area contributed by atoms with E-state index < -0.39 is 12.8 Å². The van der Waals surface area contributed by atoms with E-state index in [1.165, 1.54) is 12.1 Å². The van der Waals surface area contributed by atoms with Gasteiger partial charge in [-0.1, -0.05) is 48.5 Å². The van der Waals surface area contributed by atoms with Crippen molar-refractivity contribution in [1.82, 2.24) is 0 Å². The molecular weight excluding hydrogens is 484 g/mol. The first-order valence-corrected chi connectivity index (χ1v) is 12.6. The normalized spacial score (nSPS) is 18.2. The molecule has 4 rings (SSSR count). The van der Waals surface area contributed by atoms with Crippen LogP contribution in [0.3, 0.4) is 0 Å². The van der Waals surface area contributed by atoms with E-state index in [9.17, 15) is 13.2 Å². The van der Waals surface area contributed by atoms with E-state index in [-0.39, 0.29) is 17.9 Å². The highest BCUT2D eigenvalue weighted by atomic mass is 19.4. The Morgan fingerprint density at radius 1 is 0.892 bits per heavy atom. The topological polar surface area (TPSA) is 27.7 Å². The summed E-state index contributed by atoms with van der Waals surface area (Å²) in [6.07, 6.45) is 1.91. The fourth-order valence-electron chi connectivity index (χ4n) is 4.49. The molecule has 198 valence electrons. The van der Waals surface area contributed by atoms with Gasteiger partial charge in [-0.3, -0.25) is 0 Å². The second kappa shape index (κ2) is 12.6. The Hall–Kier alpha value is -2.90. The van der Waals surface area contributed by atoms with Crippen molar-refractivity contribution in [2.45, 2.75) is 51.0 Å². The van der Waals surface area contributed by atoms with Gasteiger partial charge in [-0.15, -0.1) is 6.58 Å². The van der Waals surface area contributed by atoms with Gasteiger partial charge in [0.05, 0.1) is 13.2 Å². The van der Waals surface area contributed by atoms with Crippen molar-refractivity contribution in [3.8, 4) is 5.75 Å². The van der Waals surface area contributed by atoms with Crippen LogP contribution < -0.4 is 4.74 Å². The molecule has 0 atom stereocenters. The number of ether oxygens (including phenoxy) is 3. The number of rotatable bonds is 11. The molecule has 0 unspecified atom stereocenters. The van der Waals surface area contributed by atoms with Gasteiger partial charge < -0.3 is 14.2 Å². The molecule has 3 aromatic carbocycles. The summed E-state index contributed by atoms with van der Waals surface area (Å²) in [6, 6.07) is 15.9. The molecule has 1 heterocycles. The van der Waals surface area contributed by atoms with E-state index in [1.807, 2.05) is 30.3 Å². The van der Waals surface area contributed by atoms with Gasteiger partial charge in [0.1, 0.15) is 11.6 Å². The summed E-state index contributed by atoms with van der Waals surface area (Å²) < 4.78 is 68.5. The second-order valence-corrected chi connectivity index (χ2v) is 9.51. The standard InChI is InChI=1S/C30H32F4O3/c1-2-3-4-23-18-35-28(36-19-23)16-9-22-8-15-27-25(17-22)12-11-24(29(27)31)10-5-21-6-13-26(14-7-21)37-20-30(32,33)34/h2,6-8,11-15,17,23,28H,1,3-5,9-10,16,18-20H2. The van der Waals surface area contributed by atoms with Crippen molar-refractivity contribution >= 4 is 10.8 Å². The van der Waals surface area contributed by atoms with Gasteiger partial charge in [-0.25, -0.2) is 4.39 Å². The van der Waals surface area contributed by atoms with Crippen LogP contribution in [0.1, 0.15) is 36.0 Å². The van der Waals surface area contributed by atoms with Crippen molar-refractivity contribution in [3.63, 3.8) is 0 Å². The summed E-state index contributed by atoms with van der Waals surface area (Å²) in [7, 11) is 0. The zero-order valence-corrected chi connectivity index (χ0v) is 20.7. The molecule has 0 bridgehead atoms. The van der Waals surface area contributed by atoms with Gasteiger partial charge in [0.15, 0.2) is 12.9 Å². The molecule has 1 aliphatic heterocycles. The van der Waals surface area contributed by atoms with E-state index in [4.69, 9.17) is 14.2 Å². The molecule has 1 fully saturated rings. The quantitative estimate of drug-likeness (QED) is 0.194. The molecule has 0 amide bonds. The minimum Gasteiger partial charge on any atom is -0.484 e. The maximum absolute atomic E-state index is 15.2. The number of fused-ring (bicyclic) bond motifs is 1. The first-order chi connectivity index (χ1) is 17.8. The van der Waals surface area contributed by atoms with Crippen LogP contribution in [0.15, 0.2) is 67.3 Å². The molecule has 1 saturated heterocycles. The second-order valence-electron chi connectivity index (χ2n) is 9.51. The highest BCUT2D eigenvalue weighted by Gasteiger charge is 2.28. The van der Waals surface area contributed by atoms with Crippen LogP contribution in [0.4, 0.5) is 17.6 Å². The molecule has 37 heavy (non-hydrogen) atoms. The zero-order valence-electron chi connectivity index (χ0n) is 20.7. The van der Waals surface area contributed by atoms with Crippen LogP contribution in [0.5, 0.6) is 5.75 Å². The number of alkyl halides is 3. The Bertz CT molecular complexity index is 1170. The summed E-state index contributed by atoms with van der Waals surface area (Å²) in [5.74, 6) is 0.338. The van der Waals surface area contributed by atoms with Gasteiger partial charge in [0, 0.05) is 17.7 Å². The Labute approximate surface area is 215 Å². The highest BCUT2D eigenvalue weighted by molar-refractivity contribution is 5.84. The fourth-order valence-corrected chi connectivity index (χ4v) is 4.49. The maximum Gasteiger partial charge on any atom is 0.422 e. The molecule has 7 heteroatoms. The van der Waals surface area contributed by atoms with Crippen LogP contribution in [-0.2, 0) is 28.7 Å². The Morgan fingerprint density at radius 2 is 1.62 bits per heavy atom. The molecule has 0 aromatic heterocycles. The van der Waals surface area contributed by atoms with Crippen LogP contribution in [0.2, 0.25) is 0 Å². The zero-order chi connectivity index (χ0) is 26.3. The monoisotopic (exact) mass is 516 g/mol. The van der Waals surface area contributed by atoms with Gasteiger partial charge in [-0.05, 0) is 66.3 Å². The highest BCUT2D eigenvalue weighted by Crippen LogP contribution is 2.26. The average molecular weight is 517 g/mol. The van der Waals surface area contributed by atoms with E-state index >= 15 is 4.39 Å². The lowest BCUT2D eigenvalue weighted by Crippen LogP contribution is -2.32. The van der Waals surface area contributed by atoms with Crippen LogP contribution in [0.25, 0.3) is 10.8 Å². The summed E-state index contributed by atoms with van der Waals surface area (Å²) in [4.78, 5) is 0. The molecular formula is C30H32F4O3. The fraction of sp³-hybridized carbons (Fsp3) is 0.400. The van der Waals surface area contributed by atoms with E-state index in [0.717, 1.165) is 42.2 Å². The third-order valence-electron chi connectivity index (χ3n) is 6.59. The first kappa shape index (κ1) is 27.1. The third kappa shape index (κ3) is 8.04. The van der Waals surface area contributed by atoms with E-state index in [1.54, 1.807) is 18.2 Å². The van der Waals surface area contributed by atoms with Gasteiger partial charge in [-0.2, -0.15) is 13.2 Å². The summed E-state index contributed by atoms with van der Waals surface area (Å²) in [6.45, 7) is 3.85. The number of aryl methyl sites for hydroxylation is 3. The number of allylic oxidation sites excluding steroid dienone is 1. The molecule has 0 N–H and O–H groups in total. The van der Waals surface area contributed by atoms with Crippen molar-refractivity contribution < 1.29 is 31.8 Å². The van der Waals surface area contributed by atoms with Crippen LogP contribution in [0, 0.1) is 11.7 Å². The Balaban J connectivity index is 1.29. The summed E-state index contributed by atoms with van der Waals surface area (Å²) in [5.41, 5.74) is 2.61. The van der Waals surface area contributed by atoms with Crippen molar-refractivity contribution in [1.29, 1.82) is 0 Å². The number of hydrogen-bond donors (Lipinski definition) is 0. The third-order valence-corrected chi connectivity index (χ3v) is 6.59. The molecule has 0 saturated carbocycles. The lowest BCUT2D eigenvalue weighted by molar-refractivity contribution is -0.203. The van der Waals surface area contributed by atoms with E-state index in [0.29, 0.717) is 42.9 Å². The summed E-state index contributed by atoms with van der Waals surface area (Å²) >= 11 is 0. The van der Waals surface area contributed by atoms with Gasteiger partial charge >= 0.3 is 6.18 Å². The SMILES string of the molecule is C=CCCC1COC(CCc2ccc3c(F)c(CCc4ccc(OCC(F)(F)F)cc4)ccc3c2)OC1. The smallest absolute Gasteiger partial charge is 0.422 e. The molecule has 0 aliphatic carbocycles. The van der Waals surface area contributed by atoms with E-state index in [2.05, 4.69) is 6.58 Å². The molecule has 3 aromatic rings. The number of hydrogen-bond acceptors (Lipinski definition) is 3. The predicted molar refractivity (Wildman–Crippen MR) is 136 cm³/mol. The summed E-state index contributed by atoms with van der Waals surface area (Å²) in [5, 5.41) is 1.42. The maximum atomic E-state index is 15.2. The van der Waals surface area contributed by atoms with Crippen molar-refractivity contribution in [2.24, 2.45) is 5.92 Å². The number of halogens is 4. The van der Waals surface area contributed by atoms with Crippen LogP contribution in [-0.4, -0.2) is 32.3 Å².